The highest BCUT2D eigenvalue weighted by atomic mass is 35.5. The lowest BCUT2D eigenvalue weighted by Crippen LogP contribution is -2.49. The van der Waals surface area contributed by atoms with Gasteiger partial charge in [0.05, 0.1) is 35.2 Å². The Morgan fingerprint density at radius 2 is 1.84 bits per heavy atom. The average molecular weight is 713 g/mol. The Kier molecular flexibility index (Phi) is 7.54. The van der Waals surface area contributed by atoms with Gasteiger partial charge >= 0.3 is 0 Å². The summed E-state index contributed by atoms with van der Waals surface area (Å²) >= 11 is 7.87. The van der Waals surface area contributed by atoms with Crippen molar-refractivity contribution in [2.24, 2.45) is 36.1 Å². The number of amides is 4. The molecule has 12 heteroatoms. The second-order valence-corrected chi connectivity index (χ2v) is 15.6. The molecule has 1 N–H and O–H groups in total. The van der Waals surface area contributed by atoms with Crippen LogP contribution in [0.1, 0.15) is 50.2 Å². The minimum absolute atomic E-state index is 0.000735. The molecule has 6 atom stereocenters. The Labute approximate surface area is 298 Å². The van der Waals surface area contributed by atoms with Crippen molar-refractivity contribution < 1.29 is 29.0 Å². The van der Waals surface area contributed by atoms with E-state index in [2.05, 4.69) is 0 Å². The number of fused-ring (bicyclic) bond motifs is 5. The molecule has 3 fully saturated rings. The number of rotatable bonds is 6. The number of carbonyl (C=O) groups excluding carboxylic acids is 4. The molecule has 4 amide bonds. The lowest BCUT2D eigenvalue weighted by atomic mass is 9.51. The highest BCUT2D eigenvalue weighted by Gasteiger charge is 2.68. The summed E-state index contributed by atoms with van der Waals surface area (Å²) in [6.45, 7) is 6.13. The molecule has 258 valence electrons. The molecular weight excluding hydrogens is 676 g/mol. The molecule has 10 nitrogen and oxygen atoms in total. The molecule has 2 aliphatic heterocycles. The van der Waals surface area contributed by atoms with E-state index in [0.29, 0.717) is 47.2 Å². The highest BCUT2D eigenvalue weighted by Crippen LogP contribution is 2.64. The number of ether oxygens (including phenoxy) is 1. The second kappa shape index (κ2) is 11.5. The summed E-state index contributed by atoms with van der Waals surface area (Å²) in [6, 6.07) is 12.3. The van der Waals surface area contributed by atoms with Crippen LogP contribution in [0.4, 0.5) is 5.82 Å². The van der Waals surface area contributed by atoms with E-state index in [1.807, 2.05) is 45.0 Å². The van der Waals surface area contributed by atoms with Crippen LogP contribution in [0.2, 0.25) is 5.02 Å². The summed E-state index contributed by atoms with van der Waals surface area (Å²) in [6.07, 6.45) is 3.29. The molecule has 50 heavy (non-hydrogen) atoms. The fourth-order valence-electron chi connectivity index (χ4n) is 9.24. The molecule has 2 aromatic heterocycles. The molecule has 4 aliphatic rings. The maximum atomic E-state index is 15.0. The smallest absolute Gasteiger partial charge is 0.242 e. The highest BCUT2D eigenvalue weighted by molar-refractivity contribution is 7.22. The number of aryl methyl sites for hydroxylation is 2. The number of halogens is 1. The van der Waals surface area contributed by atoms with Crippen LogP contribution >= 0.6 is 22.9 Å². The molecule has 0 bridgehead atoms. The first-order valence-electron chi connectivity index (χ1n) is 16.9. The van der Waals surface area contributed by atoms with E-state index in [1.165, 1.54) is 23.0 Å². The van der Waals surface area contributed by atoms with Gasteiger partial charge in [-0.15, -0.1) is 11.3 Å². The summed E-state index contributed by atoms with van der Waals surface area (Å²) in [5, 5.41) is 16.8. The average Bonchev–Trinajstić information content (AvgIpc) is 3.76. The van der Waals surface area contributed by atoms with Crippen LogP contribution in [0, 0.1) is 36.0 Å². The first-order chi connectivity index (χ1) is 23.9. The molecule has 4 heterocycles. The number of likely N-dealkylation sites (tertiary alicyclic amines) is 1. The Hall–Kier alpha value is -4.48. The number of hydrogen-bond donors (Lipinski definition) is 1. The van der Waals surface area contributed by atoms with Gasteiger partial charge in [0, 0.05) is 46.9 Å². The third kappa shape index (κ3) is 4.41. The monoisotopic (exact) mass is 712 g/mol. The fraction of sp³-hybridized carbons (Fsp3) is 0.395. The van der Waals surface area contributed by atoms with Gasteiger partial charge in [0.1, 0.15) is 23.0 Å². The molecule has 2 aliphatic carbocycles. The van der Waals surface area contributed by atoms with Crippen molar-refractivity contribution in [1.29, 1.82) is 0 Å². The molecule has 4 aromatic rings. The molecule has 2 aromatic carbocycles. The van der Waals surface area contributed by atoms with Gasteiger partial charge in [-0.1, -0.05) is 36.2 Å². The van der Waals surface area contributed by atoms with E-state index < -0.39 is 35.0 Å². The zero-order valence-electron chi connectivity index (χ0n) is 28.4. The van der Waals surface area contributed by atoms with Crippen LogP contribution in [0.5, 0.6) is 11.5 Å². The maximum absolute atomic E-state index is 15.0. The predicted octanol–water partition coefficient (Wildman–Crippen LogP) is 6.62. The fourth-order valence-corrected chi connectivity index (χ4v) is 10.6. The molecule has 1 saturated carbocycles. The number of anilines is 1. The Morgan fingerprint density at radius 1 is 1.06 bits per heavy atom. The minimum atomic E-state index is -1.26. The second-order valence-electron chi connectivity index (χ2n) is 14.1. The van der Waals surface area contributed by atoms with Crippen molar-refractivity contribution in [3.8, 4) is 22.1 Å². The number of phenolic OH excluding ortho intramolecular Hbond substituents is 1. The van der Waals surface area contributed by atoms with E-state index in [-0.39, 0.29) is 35.8 Å². The van der Waals surface area contributed by atoms with Crippen molar-refractivity contribution >= 4 is 62.5 Å². The van der Waals surface area contributed by atoms with Gasteiger partial charge < -0.3 is 9.84 Å². The van der Waals surface area contributed by atoms with Crippen molar-refractivity contribution in [3.05, 3.63) is 70.3 Å². The molecular formula is C38H37ClN4O6S. The van der Waals surface area contributed by atoms with Crippen molar-refractivity contribution in [2.75, 3.05) is 18.6 Å². The number of hydrogen-bond acceptors (Lipinski definition) is 8. The lowest BCUT2D eigenvalue weighted by molar-refractivity contribution is -0.140. The molecule has 0 radical (unpaired) electrons. The standard InChI is InChI=1S/C38H37ClN4O6S/c1-6-13-42-34(45)23-11-10-21-25(31(23)36(42)47)16-26-35(46)43(37(48)38(26,3)32(21)22-9-8-20(44)15-28(22)49-5)30-17-27(40-41(30)4)33-18(2)24-14-19(39)7-12-29(24)50-33/h7-10,12,14-15,17,23,25-26,31-32,44H,6,11,13,16H2,1-5H3/t23-,25+,26-,31-,32+,38+/m0/s1. The molecule has 8 rings (SSSR count). The van der Waals surface area contributed by atoms with Gasteiger partial charge in [0.25, 0.3) is 0 Å². The van der Waals surface area contributed by atoms with Gasteiger partial charge in [0.15, 0.2) is 0 Å². The topological polar surface area (TPSA) is 122 Å². The van der Waals surface area contributed by atoms with Crippen LogP contribution < -0.4 is 9.64 Å². The Morgan fingerprint density at radius 3 is 2.58 bits per heavy atom. The third-order valence-electron chi connectivity index (χ3n) is 11.6. The summed E-state index contributed by atoms with van der Waals surface area (Å²) in [5.74, 6) is -3.38. The summed E-state index contributed by atoms with van der Waals surface area (Å²) in [5.41, 5.74) is 1.89. The number of allylic oxidation sites excluding steroid dienone is 2. The van der Waals surface area contributed by atoms with Crippen molar-refractivity contribution in [3.63, 3.8) is 0 Å². The lowest BCUT2D eigenvalue weighted by Gasteiger charge is -2.49. The minimum Gasteiger partial charge on any atom is -0.508 e. The number of methoxy groups -OCH3 is 1. The van der Waals surface area contributed by atoms with Gasteiger partial charge in [-0.25, -0.2) is 4.90 Å². The van der Waals surface area contributed by atoms with E-state index >= 15 is 4.79 Å². The summed E-state index contributed by atoms with van der Waals surface area (Å²) in [4.78, 5) is 60.8. The number of carbonyl (C=O) groups is 4. The number of benzene rings is 2. The maximum Gasteiger partial charge on any atom is 0.242 e. The molecule has 2 saturated heterocycles. The Balaban J connectivity index is 1.26. The van der Waals surface area contributed by atoms with Gasteiger partial charge in [-0.2, -0.15) is 5.10 Å². The quantitative estimate of drug-likeness (QED) is 0.176. The van der Waals surface area contributed by atoms with Crippen LogP contribution in [0.15, 0.2) is 54.1 Å². The van der Waals surface area contributed by atoms with Gasteiger partial charge in [-0.05, 0) is 74.2 Å². The zero-order valence-corrected chi connectivity index (χ0v) is 30.0. The molecule has 0 unspecified atom stereocenters. The normalized spacial score (nSPS) is 27.6. The van der Waals surface area contributed by atoms with Gasteiger partial charge in [-0.3, -0.25) is 28.8 Å². The van der Waals surface area contributed by atoms with Crippen LogP contribution in [-0.4, -0.2) is 57.1 Å². The number of thiophene rings is 1. The number of aromatic nitrogens is 2. The van der Waals surface area contributed by atoms with Gasteiger partial charge in [0.2, 0.25) is 23.6 Å². The number of phenols is 1. The summed E-state index contributed by atoms with van der Waals surface area (Å²) < 4.78 is 8.39. The number of nitrogens with zero attached hydrogens (tertiary/aromatic N) is 4. The number of aromatic hydroxyl groups is 1. The Bertz CT molecular complexity index is 2190. The van der Waals surface area contributed by atoms with E-state index in [4.69, 9.17) is 21.4 Å². The predicted molar refractivity (Wildman–Crippen MR) is 190 cm³/mol. The van der Waals surface area contributed by atoms with Crippen molar-refractivity contribution in [1.82, 2.24) is 14.7 Å². The summed E-state index contributed by atoms with van der Waals surface area (Å²) in [7, 11) is 3.22. The van der Waals surface area contributed by atoms with E-state index in [9.17, 15) is 19.5 Å². The third-order valence-corrected chi connectivity index (χ3v) is 13.1. The van der Waals surface area contributed by atoms with E-state index in [1.54, 1.807) is 41.3 Å². The van der Waals surface area contributed by atoms with E-state index in [0.717, 1.165) is 26.1 Å². The number of imide groups is 2. The first-order valence-corrected chi connectivity index (χ1v) is 18.1. The van der Waals surface area contributed by atoms with Crippen LogP contribution in [0.3, 0.4) is 0 Å². The largest absolute Gasteiger partial charge is 0.508 e. The zero-order chi connectivity index (χ0) is 35.4. The van der Waals surface area contributed by atoms with Crippen LogP contribution in [0.25, 0.3) is 20.7 Å². The first kappa shape index (κ1) is 32.7. The van der Waals surface area contributed by atoms with Crippen molar-refractivity contribution in [2.45, 2.75) is 46.0 Å². The van der Waals surface area contributed by atoms with Crippen LogP contribution in [-0.2, 0) is 26.2 Å². The SMILES string of the molecule is CCCN1C(=O)[C@H]2[C@H](CC=C3[C@H]2C[C@H]2C(=O)N(c4cc(-c5sc6ccc(Cl)cc6c5C)nn4C)C(=O)[C@@]2(C)[C@H]3c2ccc(O)cc2OC)C1=O. The molecule has 0 spiro atoms.